The van der Waals surface area contributed by atoms with Gasteiger partial charge in [-0.3, -0.25) is 10.1 Å². The van der Waals surface area contributed by atoms with Crippen molar-refractivity contribution >= 4 is 11.4 Å². The van der Waals surface area contributed by atoms with E-state index in [-0.39, 0.29) is 16.7 Å². The van der Waals surface area contributed by atoms with Crippen LogP contribution < -0.4 is 5.32 Å². The Hall–Kier alpha value is -2.37. The van der Waals surface area contributed by atoms with Crippen molar-refractivity contribution in [1.82, 2.24) is 9.55 Å². The molecule has 6 heteroatoms. The van der Waals surface area contributed by atoms with E-state index in [0.29, 0.717) is 5.56 Å². The van der Waals surface area contributed by atoms with Crippen molar-refractivity contribution in [3.05, 3.63) is 52.1 Å². The second-order valence-electron chi connectivity index (χ2n) is 4.52. The van der Waals surface area contributed by atoms with Crippen LogP contribution in [0, 0.1) is 17.0 Å². The molecule has 1 atom stereocenters. The zero-order valence-electron chi connectivity index (χ0n) is 11.1. The first-order valence-electron chi connectivity index (χ1n) is 5.98. The van der Waals surface area contributed by atoms with Crippen molar-refractivity contribution in [1.29, 1.82) is 0 Å². The number of hydrogen-bond acceptors (Lipinski definition) is 4. The van der Waals surface area contributed by atoms with Crippen LogP contribution in [0.25, 0.3) is 0 Å². The molecule has 2 rings (SSSR count). The average molecular weight is 260 g/mol. The van der Waals surface area contributed by atoms with Gasteiger partial charge in [0.05, 0.1) is 11.0 Å². The molecule has 0 aliphatic heterocycles. The van der Waals surface area contributed by atoms with E-state index in [1.807, 2.05) is 24.7 Å². The maximum atomic E-state index is 10.8. The molecule has 0 saturated heterocycles. The Labute approximate surface area is 111 Å². The van der Waals surface area contributed by atoms with Crippen molar-refractivity contribution in [2.24, 2.45) is 7.05 Å². The summed E-state index contributed by atoms with van der Waals surface area (Å²) in [7, 11) is 1.93. The number of nitro benzene ring substituents is 1. The molecule has 0 amide bonds. The second kappa shape index (κ2) is 5.09. The molecular weight excluding hydrogens is 244 g/mol. The summed E-state index contributed by atoms with van der Waals surface area (Å²) >= 11 is 0. The molecule has 1 aromatic heterocycles. The first-order chi connectivity index (χ1) is 8.99. The number of hydrogen-bond donors (Lipinski definition) is 1. The third kappa shape index (κ3) is 2.73. The van der Waals surface area contributed by atoms with Gasteiger partial charge in [-0.25, -0.2) is 4.98 Å². The summed E-state index contributed by atoms with van der Waals surface area (Å²) in [5, 5.41) is 14.0. The zero-order chi connectivity index (χ0) is 14.0. The van der Waals surface area contributed by atoms with E-state index in [4.69, 9.17) is 0 Å². The van der Waals surface area contributed by atoms with Crippen LogP contribution in [0.4, 0.5) is 11.4 Å². The number of nitrogens with one attached hydrogen (secondary N) is 1. The van der Waals surface area contributed by atoms with Crippen molar-refractivity contribution in [2.45, 2.75) is 19.9 Å². The highest BCUT2D eigenvalue weighted by Gasteiger charge is 2.13. The molecule has 1 aromatic carbocycles. The third-order valence-corrected chi connectivity index (χ3v) is 3.02. The van der Waals surface area contributed by atoms with Crippen LogP contribution in [0.5, 0.6) is 0 Å². The smallest absolute Gasteiger partial charge is 0.272 e. The van der Waals surface area contributed by atoms with Gasteiger partial charge in [-0.05, 0) is 26.0 Å². The van der Waals surface area contributed by atoms with E-state index in [1.165, 1.54) is 6.07 Å². The highest BCUT2D eigenvalue weighted by molar-refractivity contribution is 5.54. The highest BCUT2D eigenvalue weighted by atomic mass is 16.6. The van der Waals surface area contributed by atoms with Crippen LogP contribution in [0.15, 0.2) is 30.6 Å². The third-order valence-electron chi connectivity index (χ3n) is 3.02. The Bertz CT molecular complexity index is 606. The molecule has 0 radical (unpaired) electrons. The van der Waals surface area contributed by atoms with E-state index in [1.54, 1.807) is 25.3 Å². The van der Waals surface area contributed by atoms with Gasteiger partial charge in [-0.1, -0.05) is 0 Å². The molecule has 6 nitrogen and oxygen atoms in total. The first kappa shape index (κ1) is 13.1. The van der Waals surface area contributed by atoms with Crippen LogP contribution in [0.2, 0.25) is 0 Å². The van der Waals surface area contributed by atoms with Crippen LogP contribution in [0.3, 0.4) is 0 Å². The van der Waals surface area contributed by atoms with E-state index in [9.17, 15) is 10.1 Å². The molecule has 1 heterocycles. The minimum Gasteiger partial charge on any atom is -0.375 e. The van der Waals surface area contributed by atoms with Gasteiger partial charge in [0.2, 0.25) is 0 Å². The summed E-state index contributed by atoms with van der Waals surface area (Å²) in [6, 6.07) is 5.03. The lowest BCUT2D eigenvalue weighted by molar-refractivity contribution is -0.385. The van der Waals surface area contributed by atoms with Gasteiger partial charge < -0.3 is 9.88 Å². The number of aromatic nitrogens is 2. The summed E-state index contributed by atoms with van der Waals surface area (Å²) in [5.74, 6) is 0.913. The van der Waals surface area contributed by atoms with E-state index in [0.717, 1.165) is 11.5 Å². The van der Waals surface area contributed by atoms with Gasteiger partial charge in [0, 0.05) is 36.8 Å². The quantitative estimate of drug-likeness (QED) is 0.677. The monoisotopic (exact) mass is 260 g/mol. The number of imidazole rings is 1. The van der Waals surface area contributed by atoms with Crippen molar-refractivity contribution in [2.75, 3.05) is 5.32 Å². The Kier molecular flexibility index (Phi) is 3.50. The number of nitrogens with zero attached hydrogens (tertiary/aromatic N) is 3. The number of aryl methyl sites for hydroxylation is 2. The van der Waals surface area contributed by atoms with Crippen molar-refractivity contribution < 1.29 is 4.92 Å². The number of benzene rings is 1. The van der Waals surface area contributed by atoms with Gasteiger partial charge in [0.25, 0.3) is 5.69 Å². The fourth-order valence-corrected chi connectivity index (χ4v) is 2.06. The largest absolute Gasteiger partial charge is 0.375 e. The first-order valence-corrected chi connectivity index (χ1v) is 5.98. The lowest BCUT2D eigenvalue weighted by Crippen LogP contribution is -2.12. The predicted octanol–water partition coefficient (Wildman–Crippen LogP) is 2.81. The molecule has 2 aromatic rings. The Balaban J connectivity index is 2.18. The van der Waals surface area contributed by atoms with Gasteiger partial charge >= 0.3 is 0 Å². The normalized spacial score (nSPS) is 12.2. The summed E-state index contributed by atoms with van der Waals surface area (Å²) < 4.78 is 1.94. The molecule has 0 fully saturated rings. The summed E-state index contributed by atoms with van der Waals surface area (Å²) in [6.45, 7) is 3.73. The fourth-order valence-electron chi connectivity index (χ4n) is 2.06. The summed E-state index contributed by atoms with van der Waals surface area (Å²) in [5.41, 5.74) is 1.62. The number of nitro groups is 1. The van der Waals surface area contributed by atoms with Crippen LogP contribution >= 0.6 is 0 Å². The summed E-state index contributed by atoms with van der Waals surface area (Å²) in [4.78, 5) is 14.7. The van der Waals surface area contributed by atoms with E-state index >= 15 is 0 Å². The van der Waals surface area contributed by atoms with Gasteiger partial charge in [0.15, 0.2) is 0 Å². The SMILES string of the molecule is Cc1cc(NC(C)c2nccn2C)ccc1[N+](=O)[O-]. The maximum absolute atomic E-state index is 10.8. The van der Waals surface area contributed by atoms with Crippen LogP contribution in [-0.4, -0.2) is 14.5 Å². The molecule has 0 saturated carbocycles. The van der Waals surface area contributed by atoms with Crippen molar-refractivity contribution in [3.63, 3.8) is 0 Å². The molecule has 0 bridgehead atoms. The topological polar surface area (TPSA) is 73.0 Å². The second-order valence-corrected chi connectivity index (χ2v) is 4.52. The number of rotatable bonds is 4. The lowest BCUT2D eigenvalue weighted by Gasteiger charge is -2.15. The predicted molar refractivity (Wildman–Crippen MR) is 73.1 cm³/mol. The molecule has 0 aliphatic carbocycles. The molecule has 1 unspecified atom stereocenters. The standard InChI is InChI=1S/C13H16N4O2/c1-9-8-11(4-5-12(9)17(18)19)15-10(2)13-14-6-7-16(13)3/h4-8,10,15H,1-3H3. The Morgan fingerprint density at radius 3 is 2.74 bits per heavy atom. The van der Waals surface area contributed by atoms with Gasteiger partial charge in [-0.15, -0.1) is 0 Å². The van der Waals surface area contributed by atoms with Crippen LogP contribution in [-0.2, 0) is 7.05 Å². The van der Waals surface area contributed by atoms with Gasteiger partial charge in [-0.2, -0.15) is 0 Å². The lowest BCUT2D eigenvalue weighted by atomic mass is 10.1. The van der Waals surface area contributed by atoms with E-state index in [2.05, 4.69) is 10.3 Å². The molecule has 1 N–H and O–H groups in total. The zero-order valence-corrected chi connectivity index (χ0v) is 11.1. The highest BCUT2D eigenvalue weighted by Crippen LogP contribution is 2.24. The average Bonchev–Trinajstić information content (AvgIpc) is 2.75. The van der Waals surface area contributed by atoms with E-state index < -0.39 is 0 Å². The molecular formula is C13H16N4O2. The summed E-state index contributed by atoms with van der Waals surface area (Å²) in [6.07, 6.45) is 3.63. The molecule has 19 heavy (non-hydrogen) atoms. The molecule has 100 valence electrons. The minimum absolute atomic E-state index is 0.0286. The Morgan fingerprint density at radius 1 is 1.47 bits per heavy atom. The van der Waals surface area contributed by atoms with Gasteiger partial charge in [0.1, 0.15) is 5.82 Å². The molecule has 0 spiro atoms. The Morgan fingerprint density at radius 2 is 2.21 bits per heavy atom. The molecule has 0 aliphatic rings. The fraction of sp³-hybridized carbons (Fsp3) is 0.308. The number of anilines is 1. The minimum atomic E-state index is -0.374. The maximum Gasteiger partial charge on any atom is 0.272 e. The van der Waals surface area contributed by atoms with Crippen molar-refractivity contribution in [3.8, 4) is 0 Å². The van der Waals surface area contributed by atoms with Crippen LogP contribution in [0.1, 0.15) is 24.4 Å².